The van der Waals surface area contributed by atoms with Gasteiger partial charge in [-0.3, -0.25) is 14.6 Å². The molecular weight excluding hydrogens is 438 g/mol. The molecule has 3 heterocycles. The Morgan fingerprint density at radius 3 is 2.45 bits per heavy atom. The zero-order valence-corrected chi connectivity index (χ0v) is 20.0. The highest BCUT2D eigenvalue weighted by atomic mass is 35.5. The topological polar surface area (TPSA) is 62.7 Å². The van der Waals surface area contributed by atoms with Crippen LogP contribution in [0.25, 0.3) is 0 Å². The molecule has 0 atom stereocenters. The van der Waals surface area contributed by atoms with Crippen molar-refractivity contribution in [3.63, 3.8) is 0 Å². The van der Waals surface area contributed by atoms with Gasteiger partial charge in [0.1, 0.15) is 5.75 Å². The molecule has 0 bridgehead atoms. The maximum Gasteiger partial charge on any atom is 0.255 e. The Morgan fingerprint density at radius 1 is 1.03 bits per heavy atom. The molecule has 2 fully saturated rings. The summed E-state index contributed by atoms with van der Waals surface area (Å²) >= 11 is 6.12. The Balaban J connectivity index is 1.45. The summed E-state index contributed by atoms with van der Waals surface area (Å²) in [5, 5.41) is 0.623. The van der Waals surface area contributed by atoms with Crippen molar-refractivity contribution in [2.24, 2.45) is 5.41 Å². The van der Waals surface area contributed by atoms with Crippen LogP contribution in [0.3, 0.4) is 0 Å². The highest BCUT2D eigenvalue weighted by Gasteiger charge is 2.40. The van der Waals surface area contributed by atoms with Crippen LogP contribution in [0, 0.1) is 12.3 Å². The number of aromatic nitrogens is 1. The highest BCUT2D eigenvalue weighted by molar-refractivity contribution is 6.30. The fourth-order valence-electron chi connectivity index (χ4n) is 4.70. The van der Waals surface area contributed by atoms with Crippen LogP contribution >= 0.6 is 11.6 Å². The van der Waals surface area contributed by atoms with Gasteiger partial charge in [0.05, 0.1) is 12.2 Å². The predicted octanol–water partition coefficient (Wildman–Crippen LogP) is 4.75. The summed E-state index contributed by atoms with van der Waals surface area (Å²) in [6.07, 6.45) is 6.87. The number of likely N-dealkylation sites (tertiary alicyclic amines) is 2. The van der Waals surface area contributed by atoms with Crippen molar-refractivity contribution in [1.82, 2.24) is 14.8 Å². The van der Waals surface area contributed by atoms with E-state index < -0.39 is 0 Å². The van der Waals surface area contributed by atoms with E-state index in [1.54, 1.807) is 12.3 Å². The van der Waals surface area contributed by atoms with E-state index in [-0.39, 0.29) is 17.2 Å². The van der Waals surface area contributed by atoms with Crippen LogP contribution in [-0.2, 0) is 4.79 Å². The molecule has 0 radical (unpaired) electrons. The molecule has 0 saturated carbocycles. The maximum atomic E-state index is 13.2. The van der Waals surface area contributed by atoms with Gasteiger partial charge < -0.3 is 14.5 Å². The normalized spacial score (nSPS) is 18.1. The van der Waals surface area contributed by atoms with Gasteiger partial charge in [-0.1, -0.05) is 17.7 Å². The maximum absolute atomic E-state index is 13.2. The Morgan fingerprint density at radius 2 is 1.79 bits per heavy atom. The minimum absolute atomic E-state index is 0.00535. The summed E-state index contributed by atoms with van der Waals surface area (Å²) in [5.41, 5.74) is 1.19. The molecule has 0 unspecified atom stereocenters. The number of carbonyl (C=O) groups is 2. The van der Waals surface area contributed by atoms with Crippen molar-refractivity contribution in [3.8, 4) is 5.75 Å². The number of nitrogens with zero attached hydrogens (tertiary/aromatic N) is 3. The van der Waals surface area contributed by atoms with Gasteiger partial charge in [-0.15, -0.1) is 0 Å². The van der Waals surface area contributed by atoms with Gasteiger partial charge in [-0.25, -0.2) is 0 Å². The molecule has 33 heavy (non-hydrogen) atoms. The first-order chi connectivity index (χ1) is 15.9. The second-order valence-corrected chi connectivity index (χ2v) is 9.78. The van der Waals surface area contributed by atoms with Crippen molar-refractivity contribution < 1.29 is 14.3 Å². The van der Waals surface area contributed by atoms with Crippen LogP contribution in [-0.4, -0.2) is 59.4 Å². The summed E-state index contributed by atoms with van der Waals surface area (Å²) in [6, 6.07) is 11.0. The number of hydrogen-bond donors (Lipinski definition) is 0. The lowest BCUT2D eigenvalue weighted by molar-refractivity contribution is -0.136. The second-order valence-electron chi connectivity index (χ2n) is 9.34. The van der Waals surface area contributed by atoms with Gasteiger partial charge in [0.2, 0.25) is 5.91 Å². The minimum atomic E-state index is -0.306. The summed E-state index contributed by atoms with van der Waals surface area (Å²) in [5.74, 6) is 0.901. The van der Waals surface area contributed by atoms with Crippen molar-refractivity contribution in [2.75, 3.05) is 32.8 Å². The number of aryl methyl sites for hydroxylation is 1. The van der Waals surface area contributed by atoms with Crippen LogP contribution in [0.5, 0.6) is 5.75 Å². The monoisotopic (exact) mass is 469 g/mol. The molecule has 0 aliphatic carbocycles. The minimum Gasteiger partial charge on any atom is -0.493 e. The molecule has 2 aromatic rings. The highest BCUT2D eigenvalue weighted by Crippen LogP contribution is 2.37. The number of rotatable bonds is 6. The van der Waals surface area contributed by atoms with Gasteiger partial charge in [-0.2, -0.15) is 0 Å². The van der Waals surface area contributed by atoms with E-state index in [9.17, 15) is 9.59 Å². The predicted molar refractivity (Wildman–Crippen MR) is 129 cm³/mol. The molecule has 2 aliphatic heterocycles. The fourth-order valence-corrected chi connectivity index (χ4v) is 4.88. The second kappa shape index (κ2) is 10.6. The molecular formula is C26H32ClN3O3. The van der Waals surface area contributed by atoms with Crippen molar-refractivity contribution in [1.29, 1.82) is 0 Å². The smallest absolute Gasteiger partial charge is 0.255 e. The van der Waals surface area contributed by atoms with Crippen LogP contribution in [0.15, 0.2) is 42.6 Å². The average Bonchev–Trinajstić information content (AvgIpc) is 2.84. The lowest BCUT2D eigenvalue weighted by atomic mass is 9.75. The summed E-state index contributed by atoms with van der Waals surface area (Å²) < 4.78 is 6.14. The summed E-state index contributed by atoms with van der Waals surface area (Å²) in [7, 11) is 0. The molecule has 0 spiro atoms. The Labute approximate surface area is 200 Å². The Bertz CT molecular complexity index is 965. The van der Waals surface area contributed by atoms with E-state index >= 15 is 0 Å². The molecule has 0 N–H and O–H groups in total. The lowest BCUT2D eigenvalue weighted by Crippen LogP contribution is -2.48. The number of carbonyl (C=O) groups excluding carboxylic acids is 2. The zero-order chi connectivity index (χ0) is 23.3. The molecule has 1 aromatic carbocycles. The quantitative estimate of drug-likeness (QED) is 0.612. The number of pyridine rings is 1. The van der Waals surface area contributed by atoms with E-state index in [0.29, 0.717) is 42.5 Å². The van der Waals surface area contributed by atoms with E-state index in [0.717, 1.165) is 44.5 Å². The van der Waals surface area contributed by atoms with E-state index in [2.05, 4.69) is 4.98 Å². The van der Waals surface area contributed by atoms with E-state index in [1.165, 1.54) is 6.42 Å². The summed E-state index contributed by atoms with van der Waals surface area (Å²) in [6.45, 7) is 5.21. The summed E-state index contributed by atoms with van der Waals surface area (Å²) in [4.78, 5) is 34.3. The van der Waals surface area contributed by atoms with Gasteiger partial charge >= 0.3 is 0 Å². The standard InChI is InChI=1S/C26H32ClN3O3/c1-20-8-9-21(18-28-20)25(32)30-14-10-26(11-15-30,17-24(31)29-12-3-2-4-13-29)19-33-23-7-5-6-22(27)16-23/h5-9,16,18H,2-4,10-15,17,19H2,1H3. The molecule has 2 amide bonds. The van der Waals surface area contributed by atoms with Gasteiger partial charge in [0.25, 0.3) is 5.91 Å². The van der Waals surface area contributed by atoms with Crippen molar-refractivity contribution >= 4 is 23.4 Å². The molecule has 4 rings (SSSR count). The Kier molecular flexibility index (Phi) is 7.53. The first-order valence-corrected chi connectivity index (χ1v) is 12.2. The number of benzene rings is 1. The van der Waals surface area contributed by atoms with Crippen LogP contribution < -0.4 is 4.74 Å². The third-order valence-electron chi connectivity index (χ3n) is 6.85. The number of amides is 2. The van der Waals surface area contributed by atoms with Crippen LogP contribution in [0.2, 0.25) is 5.02 Å². The first-order valence-electron chi connectivity index (χ1n) is 11.8. The van der Waals surface area contributed by atoms with Gasteiger partial charge in [0.15, 0.2) is 0 Å². The largest absolute Gasteiger partial charge is 0.493 e. The van der Waals surface area contributed by atoms with E-state index in [1.807, 2.05) is 47.1 Å². The van der Waals surface area contributed by atoms with Crippen LogP contribution in [0.4, 0.5) is 0 Å². The van der Waals surface area contributed by atoms with E-state index in [4.69, 9.17) is 16.3 Å². The Hall–Kier alpha value is -2.60. The number of hydrogen-bond acceptors (Lipinski definition) is 4. The number of ether oxygens (including phenoxy) is 1. The number of halogens is 1. The molecule has 2 aliphatic rings. The SMILES string of the molecule is Cc1ccc(C(=O)N2CCC(COc3cccc(Cl)c3)(CC(=O)N3CCCCC3)CC2)cn1. The fraction of sp³-hybridized carbons (Fsp3) is 0.500. The molecule has 6 nitrogen and oxygen atoms in total. The third-order valence-corrected chi connectivity index (χ3v) is 7.08. The molecule has 2 saturated heterocycles. The molecule has 176 valence electrons. The van der Waals surface area contributed by atoms with Gasteiger partial charge in [0, 0.05) is 54.9 Å². The van der Waals surface area contributed by atoms with Crippen LogP contribution in [0.1, 0.15) is 54.6 Å². The van der Waals surface area contributed by atoms with Gasteiger partial charge in [-0.05, 0) is 69.4 Å². The molecule has 7 heteroatoms. The zero-order valence-electron chi connectivity index (χ0n) is 19.3. The van der Waals surface area contributed by atoms with Crippen molar-refractivity contribution in [3.05, 3.63) is 58.9 Å². The average molecular weight is 470 g/mol. The lowest BCUT2D eigenvalue weighted by Gasteiger charge is -2.42. The molecule has 1 aromatic heterocycles. The first kappa shape index (κ1) is 23.6. The third kappa shape index (κ3) is 6.05. The van der Waals surface area contributed by atoms with Crippen molar-refractivity contribution in [2.45, 2.75) is 45.4 Å². The number of piperidine rings is 2.